The summed E-state index contributed by atoms with van der Waals surface area (Å²) in [4.78, 5) is 2.40. The summed E-state index contributed by atoms with van der Waals surface area (Å²) in [5.41, 5.74) is 19.5. The third-order valence-electron chi connectivity index (χ3n) is 13.4. The highest BCUT2D eigenvalue weighted by atomic mass is 15.1. The number of nitrogens with zero attached hydrogens (tertiary/aromatic N) is 2. The van der Waals surface area contributed by atoms with Crippen molar-refractivity contribution in [3.8, 4) is 50.2 Å². The summed E-state index contributed by atoms with van der Waals surface area (Å²) in [7, 11) is 0. The van der Waals surface area contributed by atoms with Gasteiger partial charge in [0.25, 0.3) is 0 Å². The molecule has 298 valence electrons. The van der Waals surface area contributed by atoms with Crippen LogP contribution >= 0.6 is 0 Å². The van der Waals surface area contributed by atoms with Crippen molar-refractivity contribution < 1.29 is 0 Å². The lowest BCUT2D eigenvalue weighted by atomic mass is 9.82. The summed E-state index contributed by atoms with van der Waals surface area (Å²) >= 11 is 0. The quantitative estimate of drug-likeness (QED) is 0.156. The maximum absolute atomic E-state index is 2.43. The number of aromatic nitrogens is 1. The van der Waals surface area contributed by atoms with Crippen LogP contribution in [0.2, 0.25) is 0 Å². The van der Waals surface area contributed by atoms with E-state index in [1.165, 1.54) is 88.2 Å². The molecule has 1 heterocycles. The standard InChI is InChI=1S/C61H44N2/c1-61(2)57-22-12-10-20-53(57)56-40-49(37-39-58(56)61)62(46-31-24-42(25-32-46)41-14-4-3-5-15-41)47-33-26-44(27-34-47)50-17-8-9-18-51(50)45-28-35-48(36-29-45)63-59-23-13-11-21-54(59)55-38-30-43-16-6-7-19-52(43)60(55)63/h3-40H,1-2H3. The minimum Gasteiger partial charge on any atom is -0.310 e. The predicted molar refractivity (Wildman–Crippen MR) is 267 cm³/mol. The van der Waals surface area contributed by atoms with Gasteiger partial charge in [-0.05, 0) is 116 Å². The Bertz CT molecular complexity index is 3500. The Morgan fingerprint density at radius 1 is 0.349 bits per heavy atom. The Morgan fingerprint density at radius 2 is 0.873 bits per heavy atom. The largest absolute Gasteiger partial charge is 0.310 e. The zero-order valence-electron chi connectivity index (χ0n) is 35.3. The Hall–Kier alpha value is -7.94. The molecule has 12 rings (SSSR count). The van der Waals surface area contributed by atoms with Crippen LogP contribution in [0.5, 0.6) is 0 Å². The first kappa shape index (κ1) is 36.9. The van der Waals surface area contributed by atoms with Gasteiger partial charge in [0.15, 0.2) is 0 Å². The average Bonchev–Trinajstić information content (AvgIpc) is 3.81. The molecule has 0 unspecified atom stereocenters. The highest BCUT2D eigenvalue weighted by Crippen LogP contribution is 2.51. The molecule has 0 radical (unpaired) electrons. The summed E-state index contributed by atoms with van der Waals surface area (Å²) in [6.07, 6.45) is 0. The predicted octanol–water partition coefficient (Wildman–Crippen LogP) is 16.7. The van der Waals surface area contributed by atoms with Gasteiger partial charge in [-0.15, -0.1) is 0 Å². The number of rotatable bonds is 7. The maximum Gasteiger partial charge on any atom is 0.0619 e. The van der Waals surface area contributed by atoms with Gasteiger partial charge in [-0.3, -0.25) is 0 Å². The number of anilines is 3. The summed E-state index contributed by atoms with van der Waals surface area (Å²) in [6, 6.07) is 84.5. The van der Waals surface area contributed by atoms with Crippen LogP contribution in [0.15, 0.2) is 231 Å². The third-order valence-corrected chi connectivity index (χ3v) is 13.4. The van der Waals surface area contributed by atoms with E-state index in [0.29, 0.717) is 0 Å². The molecule has 10 aromatic carbocycles. The van der Waals surface area contributed by atoms with Gasteiger partial charge >= 0.3 is 0 Å². The topological polar surface area (TPSA) is 8.17 Å². The molecule has 11 aromatic rings. The van der Waals surface area contributed by atoms with Crippen molar-refractivity contribution in [3.05, 3.63) is 242 Å². The lowest BCUT2D eigenvalue weighted by Gasteiger charge is -2.27. The van der Waals surface area contributed by atoms with Crippen LogP contribution in [-0.4, -0.2) is 4.57 Å². The molecule has 0 bridgehead atoms. The molecule has 1 aliphatic rings. The molecule has 1 aromatic heterocycles. The van der Waals surface area contributed by atoms with E-state index < -0.39 is 0 Å². The Morgan fingerprint density at radius 3 is 1.59 bits per heavy atom. The smallest absolute Gasteiger partial charge is 0.0619 e. The van der Waals surface area contributed by atoms with Gasteiger partial charge in [0.1, 0.15) is 0 Å². The van der Waals surface area contributed by atoms with Crippen molar-refractivity contribution in [2.45, 2.75) is 19.3 Å². The van der Waals surface area contributed by atoms with Crippen LogP contribution in [0.4, 0.5) is 17.1 Å². The first-order valence-electron chi connectivity index (χ1n) is 21.9. The number of para-hydroxylation sites is 1. The fraction of sp³-hybridized carbons (Fsp3) is 0.0492. The Balaban J connectivity index is 0.925. The van der Waals surface area contributed by atoms with E-state index in [4.69, 9.17) is 0 Å². The molecule has 0 spiro atoms. The molecule has 1 aliphatic carbocycles. The monoisotopic (exact) mass is 804 g/mol. The highest BCUT2D eigenvalue weighted by Gasteiger charge is 2.35. The van der Waals surface area contributed by atoms with Crippen LogP contribution in [0, 0.1) is 0 Å². The molecule has 0 aliphatic heterocycles. The Kier molecular flexibility index (Phi) is 8.55. The number of fused-ring (bicyclic) bond motifs is 8. The van der Waals surface area contributed by atoms with E-state index in [9.17, 15) is 0 Å². The van der Waals surface area contributed by atoms with Crippen LogP contribution in [0.1, 0.15) is 25.0 Å². The van der Waals surface area contributed by atoms with Gasteiger partial charge in [-0.2, -0.15) is 0 Å². The summed E-state index contributed by atoms with van der Waals surface area (Å²) in [6.45, 7) is 4.69. The van der Waals surface area contributed by atoms with Crippen molar-refractivity contribution in [2.24, 2.45) is 0 Å². The van der Waals surface area contributed by atoms with Crippen LogP contribution in [0.25, 0.3) is 82.8 Å². The molecule has 2 nitrogen and oxygen atoms in total. The molecule has 0 N–H and O–H groups in total. The summed E-state index contributed by atoms with van der Waals surface area (Å²) < 4.78 is 2.43. The molecule has 0 atom stereocenters. The third kappa shape index (κ3) is 6.02. The zero-order chi connectivity index (χ0) is 42.1. The Labute approximate surface area is 368 Å². The lowest BCUT2D eigenvalue weighted by molar-refractivity contribution is 0.660. The van der Waals surface area contributed by atoms with Crippen LogP contribution < -0.4 is 4.90 Å². The van der Waals surface area contributed by atoms with E-state index in [1.54, 1.807) is 0 Å². The van der Waals surface area contributed by atoms with E-state index in [-0.39, 0.29) is 5.41 Å². The van der Waals surface area contributed by atoms with Crippen LogP contribution in [0.3, 0.4) is 0 Å². The molecular formula is C61H44N2. The maximum atomic E-state index is 2.43. The van der Waals surface area contributed by atoms with Crippen LogP contribution in [-0.2, 0) is 5.41 Å². The first-order chi connectivity index (χ1) is 31.0. The second-order valence-electron chi connectivity index (χ2n) is 17.3. The van der Waals surface area contributed by atoms with E-state index in [2.05, 4.69) is 254 Å². The van der Waals surface area contributed by atoms with Crippen molar-refractivity contribution >= 4 is 49.6 Å². The molecule has 63 heavy (non-hydrogen) atoms. The first-order valence-corrected chi connectivity index (χ1v) is 21.9. The average molecular weight is 805 g/mol. The SMILES string of the molecule is CC1(C)c2ccccc2-c2cc(N(c3ccc(-c4ccccc4)cc3)c3ccc(-c4ccccc4-c4ccc(-n5c6ccccc6c6ccc7ccccc7c65)cc4)cc3)ccc21. The normalized spacial score (nSPS) is 12.7. The van der Waals surface area contributed by atoms with Crippen molar-refractivity contribution in [1.29, 1.82) is 0 Å². The molecular weight excluding hydrogens is 761 g/mol. The minimum atomic E-state index is -0.0537. The number of hydrogen-bond acceptors (Lipinski definition) is 1. The van der Waals surface area contributed by atoms with Gasteiger partial charge in [-0.1, -0.05) is 190 Å². The van der Waals surface area contributed by atoms with Gasteiger partial charge in [0.2, 0.25) is 0 Å². The summed E-state index contributed by atoms with van der Waals surface area (Å²) in [5, 5.41) is 5.05. The van der Waals surface area contributed by atoms with Crippen molar-refractivity contribution in [3.63, 3.8) is 0 Å². The van der Waals surface area contributed by atoms with E-state index in [0.717, 1.165) is 22.7 Å². The highest BCUT2D eigenvalue weighted by molar-refractivity contribution is 6.18. The fourth-order valence-corrected chi connectivity index (χ4v) is 10.3. The second-order valence-corrected chi connectivity index (χ2v) is 17.3. The minimum absolute atomic E-state index is 0.0537. The van der Waals surface area contributed by atoms with Gasteiger partial charge < -0.3 is 9.47 Å². The van der Waals surface area contributed by atoms with E-state index >= 15 is 0 Å². The molecule has 0 amide bonds. The molecule has 0 fully saturated rings. The molecule has 0 saturated heterocycles. The lowest BCUT2D eigenvalue weighted by Crippen LogP contribution is -2.15. The fourth-order valence-electron chi connectivity index (χ4n) is 10.3. The van der Waals surface area contributed by atoms with Gasteiger partial charge in [-0.25, -0.2) is 0 Å². The van der Waals surface area contributed by atoms with Gasteiger partial charge in [0, 0.05) is 44.3 Å². The number of hydrogen-bond donors (Lipinski definition) is 0. The molecule has 2 heteroatoms. The van der Waals surface area contributed by atoms with Crippen molar-refractivity contribution in [1.82, 2.24) is 4.57 Å². The van der Waals surface area contributed by atoms with E-state index in [1.807, 2.05) is 0 Å². The number of benzene rings is 10. The zero-order valence-corrected chi connectivity index (χ0v) is 35.3. The van der Waals surface area contributed by atoms with Gasteiger partial charge in [0.05, 0.1) is 11.0 Å². The molecule has 0 saturated carbocycles. The summed E-state index contributed by atoms with van der Waals surface area (Å²) in [5.74, 6) is 0. The second kappa shape index (κ2) is 14.6. The van der Waals surface area contributed by atoms with Crippen molar-refractivity contribution in [2.75, 3.05) is 4.90 Å².